The Balaban J connectivity index is 1.86. The summed E-state index contributed by atoms with van der Waals surface area (Å²) in [6.45, 7) is 6.89. The van der Waals surface area contributed by atoms with Gasteiger partial charge in [-0.25, -0.2) is 0 Å². The molecule has 20 heavy (non-hydrogen) atoms. The van der Waals surface area contributed by atoms with Crippen LogP contribution in [0.3, 0.4) is 0 Å². The Bertz CT molecular complexity index is 289. The zero-order valence-electron chi connectivity index (χ0n) is 13.6. The van der Waals surface area contributed by atoms with E-state index >= 15 is 0 Å². The number of aliphatic hydroxyl groups excluding tert-OH is 1. The van der Waals surface area contributed by atoms with Crippen molar-refractivity contribution in [3.05, 3.63) is 0 Å². The molecule has 0 aliphatic heterocycles. The van der Waals surface area contributed by atoms with Crippen LogP contribution in [-0.4, -0.2) is 73.4 Å². The van der Waals surface area contributed by atoms with Crippen molar-refractivity contribution in [1.82, 2.24) is 15.1 Å². The SMILES string of the molecule is CCN(CCCN(C)C)CC(CO)(NC1CC1)C1CC1. The van der Waals surface area contributed by atoms with E-state index in [4.69, 9.17) is 0 Å². The van der Waals surface area contributed by atoms with Crippen LogP contribution in [0.5, 0.6) is 0 Å². The Labute approximate surface area is 124 Å². The molecule has 4 nitrogen and oxygen atoms in total. The highest BCUT2D eigenvalue weighted by Gasteiger charge is 2.47. The lowest BCUT2D eigenvalue weighted by atomic mass is 9.92. The lowest BCUT2D eigenvalue weighted by Crippen LogP contribution is -2.59. The number of nitrogens with zero attached hydrogens (tertiary/aromatic N) is 2. The average molecular weight is 283 g/mol. The number of likely N-dealkylation sites (N-methyl/N-ethyl adjacent to an activating group) is 1. The Morgan fingerprint density at radius 2 is 1.85 bits per heavy atom. The Hall–Kier alpha value is -0.160. The highest BCUT2D eigenvalue weighted by atomic mass is 16.3. The summed E-state index contributed by atoms with van der Waals surface area (Å²) in [6, 6.07) is 0.670. The van der Waals surface area contributed by atoms with Crippen LogP contribution in [0.1, 0.15) is 39.0 Å². The van der Waals surface area contributed by atoms with E-state index in [0.29, 0.717) is 18.6 Å². The summed E-state index contributed by atoms with van der Waals surface area (Å²) < 4.78 is 0. The summed E-state index contributed by atoms with van der Waals surface area (Å²) in [4.78, 5) is 4.77. The molecule has 1 unspecified atom stereocenters. The van der Waals surface area contributed by atoms with Crippen LogP contribution in [0.25, 0.3) is 0 Å². The van der Waals surface area contributed by atoms with E-state index in [2.05, 4.69) is 36.1 Å². The first-order chi connectivity index (χ1) is 9.59. The maximum absolute atomic E-state index is 10.0. The van der Waals surface area contributed by atoms with Gasteiger partial charge in [0.15, 0.2) is 0 Å². The van der Waals surface area contributed by atoms with Crippen molar-refractivity contribution >= 4 is 0 Å². The van der Waals surface area contributed by atoms with Gasteiger partial charge < -0.3 is 20.2 Å². The molecule has 0 radical (unpaired) electrons. The lowest BCUT2D eigenvalue weighted by Gasteiger charge is -2.38. The number of aliphatic hydroxyl groups is 1. The van der Waals surface area contributed by atoms with Crippen molar-refractivity contribution in [3.63, 3.8) is 0 Å². The van der Waals surface area contributed by atoms with E-state index in [1.54, 1.807) is 0 Å². The van der Waals surface area contributed by atoms with Gasteiger partial charge in [-0.15, -0.1) is 0 Å². The molecule has 118 valence electrons. The van der Waals surface area contributed by atoms with E-state index in [-0.39, 0.29) is 5.54 Å². The molecular weight excluding hydrogens is 250 g/mol. The van der Waals surface area contributed by atoms with Crippen molar-refractivity contribution in [1.29, 1.82) is 0 Å². The van der Waals surface area contributed by atoms with Crippen molar-refractivity contribution < 1.29 is 5.11 Å². The molecule has 0 bridgehead atoms. The van der Waals surface area contributed by atoms with Gasteiger partial charge in [-0.1, -0.05) is 6.92 Å². The highest BCUT2D eigenvalue weighted by molar-refractivity contribution is 5.06. The van der Waals surface area contributed by atoms with Crippen LogP contribution in [0, 0.1) is 5.92 Å². The topological polar surface area (TPSA) is 38.7 Å². The fourth-order valence-corrected chi connectivity index (χ4v) is 3.15. The first-order valence-corrected chi connectivity index (χ1v) is 8.35. The van der Waals surface area contributed by atoms with Crippen molar-refractivity contribution in [3.8, 4) is 0 Å². The molecule has 2 aliphatic carbocycles. The van der Waals surface area contributed by atoms with Crippen LogP contribution in [0.2, 0.25) is 0 Å². The third kappa shape index (κ3) is 4.69. The fourth-order valence-electron chi connectivity index (χ4n) is 3.15. The molecule has 0 saturated heterocycles. The molecule has 0 aromatic carbocycles. The zero-order valence-corrected chi connectivity index (χ0v) is 13.6. The third-order valence-electron chi connectivity index (χ3n) is 4.74. The molecule has 0 heterocycles. The molecule has 0 aromatic rings. The lowest BCUT2D eigenvalue weighted by molar-refractivity contribution is 0.0893. The van der Waals surface area contributed by atoms with Crippen molar-refractivity contribution in [2.75, 3.05) is 46.9 Å². The molecule has 0 aromatic heterocycles. The Morgan fingerprint density at radius 3 is 2.30 bits per heavy atom. The molecule has 2 fully saturated rings. The van der Waals surface area contributed by atoms with Gasteiger partial charge in [0.25, 0.3) is 0 Å². The third-order valence-corrected chi connectivity index (χ3v) is 4.74. The monoisotopic (exact) mass is 283 g/mol. The van der Waals surface area contributed by atoms with Gasteiger partial charge in [0.05, 0.1) is 12.1 Å². The molecular formula is C16H33N3O. The molecule has 0 amide bonds. The van der Waals surface area contributed by atoms with Gasteiger partial charge in [0.2, 0.25) is 0 Å². The largest absolute Gasteiger partial charge is 0.394 e. The van der Waals surface area contributed by atoms with Gasteiger partial charge in [0.1, 0.15) is 0 Å². The van der Waals surface area contributed by atoms with Gasteiger partial charge >= 0.3 is 0 Å². The van der Waals surface area contributed by atoms with Gasteiger partial charge in [-0.2, -0.15) is 0 Å². The standard InChI is InChI=1S/C16H33N3O/c1-4-19(11-5-10-18(2)3)12-16(13-20,14-6-7-14)17-15-8-9-15/h14-15,17,20H,4-13H2,1-3H3. The summed E-state index contributed by atoms with van der Waals surface area (Å²) in [5.41, 5.74) is -0.0324. The fraction of sp³-hybridized carbons (Fsp3) is 1.00. The minimum atomic E-state index is -0.0324. The maximum atomic E-state index is 10.0. The quantitative estimate of drug-likeness (QED) is 0.597. The first-order valence-electron chi connectivity index (χ1n) is 8.35. The summed E-state index contributed by atoms with van der Waals surface area (Å²) in [7, 11) is 4.26. The van der Waals surface area contributed by atoms with Crippen LogP contribution < -0.4 is 5.32 Å². The summed E-state index contributed by atoms with van der Waals surface area (Å²) in [6.07, 6.45) is 6.37. The average Bonchev–Trinajstić information content (AvgIpc) is 3.27. The van der Waals surface area contributed by atoms with Gasteiger partial charge in [0, 0.05) is 12.6 Å². The van der Waals surface area contributed by atoms with Gasteiger partial charge in [-0.05, 0) is 71.8 Å². The smallest absolute Gasteiger partial charge is 0.0628 e. The predicted molar refractivity (Wildman–Crippen MR) is 84.0 cm³/mol. The number of nitrogens with one attached hydrogen (secondary N) is 1. The van der Waals surface area contributed by atoms with Crippen LogP contribution >= 0.6 is 0 Å². The van der Waals surface area contributed by atoms with Crippen LogP contribution in [0.15, 0.2) is 0 Å². The van der Waals surface area contributed by atoms with E-state index in [1.807, 2.05) is 0 Å². The zero-order chi connectivity index (χ0) is 14.6. The summed E-state index contributed by atoms with van der Waals surface area (Å²) in [5, 5.41) is 13.8. The number of rotatable bonds is 11. The molecule has 1 atom stereocenters. The minimum absolute atomic E-state index is 0.0324. The summed E-state index contributed by atoms with van der Waals surface area (Å²) in [5.74, 6) is 0.691. The second-order valence-corrected chi connectivity index (χ2v) is 7.03. The normalized spacial score (nSPS) is 22.5. The van der Waals surface area contributed by atoms with E-state index in [1.165, 1.54) is 32.1 Å². The number of hydrogen-bond donors (Lipinski definition) is 2. The van der Waals surface area contributed by atoms with E-state index < -0.39 is 0 Å². The molecule has 2 N–H and O–H groups in total. The molecule has 0 spiro atoms. The first kappa shape index (κ1) is 16.2. The van der Waals surface area contributed by atoms with Crippen molar-refractivity contribution in [2.45, 2.75) is 50.6 Å². The number of hydrogen-bond acceptors (Lipinski definition) is 4. The van der Waals surface area contributed by atoms with Crippen LogP contribution in [0.4, 0.5) is 0 Å². The Kier molecular flexibility index (Phi) is 5.84. The molecule has 2 rings (SSSR count). The van der Waals surface area contributed by atoms with E-state index in [9.17, 15) is 5.11 Å². The Morgan fingerprint density at radius 1 is 1.15 bits per heavy atom. The predicted octanol–water partition coefficient (Wildman–Crippen LogP) is 1.15. The maximum Gasteiger partial charge on any atom is 0.0628 e. The second-order valence-electron chi connectivity index (χ2n) is 7.03. The van der Waals surface area contributed by atoms with Crippen molar-refractivity contribution in [2.24, 2.45) is 5.92 Å². The highest BCUT2D eigenvalue weighted by Crippen LogP contribution is 2.41. The van der Waals surface area contributed by atoms with E-state index in [0.717, 1.165) is 26.2 Å². The van der Waals surface area contributed by atoms with Gasteiger partial charge in [-0.3, -0.25) is 0 Å². The summed E-state index contributed by atoms with van der Waals surface area (Å²) >= 11 is 0. The molecule has 4 heteroatoms. The minimum Gasteiger partial charge on any atom is -0.394 e. The second kappa shape index (κ2) is 7.21. The molecule has 2 aliphatic rings. The molecule has 2 saturated carbocycles. The van der Waals surface area contributed by atoms with Crippen LogP contribution in [-0.2, 0) is 0 Å².